The summed E-state index contributed by atoms with van der Waals surface area (Å²) >= 11 is 0. The van der Waals surface area contributed by atoms with E-state index in [0.717, 1.165) is 39.2 Å². The molecule has 0 aliphatic carbocycles. The summed E-state index contributed by atoms with van der Waals surface area (Å²) < 4.78 is 11.5. The van der Waals surface area contributed by atoms with Crippen LogP contribution in [-0.2, 0) is 0 Å². The smallest absolute Gasteiger partial charge is 0.361 e. The van der Waals surface area contributed by atoms with Gasteiger partial charge in [-0.1, -0.05) is 48.5 Å². The molecule has 0 aliphatic rings. The van der Waals surface area contributed by atoms with Gasteiger partial charge in [0.1, 0.15) is 5.75 Å². The van der Waals surface area contributed by atoms with E-state index in [1.165, 1.54) is 0 Å². The van der Waals surface area contributed by atoms with E-state index >= 15 is 0 Å². The van der Waals surface area contributed by atoms with E-state index in [1.54, 1.807) is 7.11 Å². The Bertz CT molecular complexity index is 1050. The molecule has 0 spiro atoms. The summed E-state index contributed by atoms with van der Waals surface area (Å²) in [5.74, 6) is 2.51. The van der Waals surface area contributed by atoms with Crippen molar-refractivity contribution in [1.82, 2.24) is 0 Å². The third kappa shape index (κ3) is 3.35. The summed E-state index contributed by atoms with van der Waals surface area (Å²) in [6.07, 6.45) is 4.10. The molecule has 0 aliphatic heterocycles. The molecule has 0 N–H and O–H groups in total. The molecule has 2 nitrogen and oxygen atoms in total. The lowest BCUT2D eigenvalue weighted by Gasteiger charge is -2.00. The molecule has 3 aromatic carbocycles. The van der Waals surface area contributed by atoms with Crippen LogP contribution in [0.1, 0.15) is 11.3 Å². The van der Waals surface area contributed by atoms with E-state index in [4.69, 9.17) is 9.15 Å². The van der Waals surface area contributed by atoms with Crippen molar-refractivity contribution in [3.8, 4) is 17.1 Å². The molecule has 4 aromatic rings. The Kier molecular flexibility index (Phi) is 4.48. The molecule has 1 heterocycles. The highest BCUT2D eigenvalue weighted by Gasteiger charge is 2.18. The van der Waals surface area contributed by atoms with Crippen molar-refractivity contribution < 1.29 is 9.15 Å². The van der Waals surface area contributed by atoms with Crippen LogP contribution in [0, 0.1) is 0 Å². The molecule has 0 amide bonds. The molecular formula is C24H19O2+. The van der Waals surface area contributed by atoms with Gasteiger partial charge < -0.3 is 4.74 Å². The lowest BCUT2D eigenvalue weighted by Crippen LogP contribution is -1.85. The third-order valence-corrected chi connectivity index (χ3v) is 4.33. The Labute approximate surface area is 153 Å². The maximum atomic E-state index is 6.24. The number of benzene rings is 3. The molecule has 126 valence electrons. The highest BCUT2D eigenvalue weighted by molar-refractivity contribution is 5.92. The minimum absolute atomic E-state index is 0.832. The van der Waals surface area contributed by atoms with Gasteiger partial charge in [0.2, 0.25) is 0 Å². The van der Waals surface area contributed by atoms with Crippen molar-refractivity contribution in [1.29, 1.82) is 0 Å². The molecule has 2 heteroatoms. The number of rotatable bonds is 4. The molecule has 0 bridgehead atoms. The lowest BCUT2D eigenvalue weighted by atomic mass is 10.1. The second-order valence-corrected chi connectivity index (χ2v) is 6.03. The topological polar surface area (TPSA) is 20.5 Å². The Morgan fingerprint density at radius 1 is 0.769 bits per heavy atom. The molecule has 1 aromatic heterocycles. The van der Waals surface area contributed by atoms with Gasteiger partial charge in [0, 0.05) is 11.5 Å². The fourth-order valence-corrected chi connectivity index (χ4v) is 2.95. The summed E-state index contributed by atoms with van der Waals surface area (Å²) in [7, 11) is 1.67. The summed E-state index contributed by atoms with van der Waals surface area (Å²) in [4.78, 5) is 0. The third-order valence-electron chi connectivity index (χ3n) is 4.33. The van der Waals surface area contributed by atoms with Crippen LogP contribution >= 0.6 is 0 Å². The van der Waals surface area contributed by atoms with Crippen molar-refractivity contribution in [2.45, 2.75) is 0 Å². The normalized spacial score (nSPS) is 11.1. The zero-order valence-electron chi connectivity index (χ0n) is 14.6. The van der Waals surface area contributed by atoms with Crippen molar-refractivity contribution >= 4 is 22.9 Å². The molecule has 0 radical (unpaired) electrons. The van der Waals surface area contributed by atoms with Crippen molar-refractivity contribution in [2.24, 2.45) is 0 Å². The van der Waals surface area contributed by atoms with Gasteiger partial charge >= 0.3 is 11.5 Å². The van der Waals surface area contributed by atoms with E-state index in [2.05, 4.69) is 36.4 Å². The first-order valence-electron chi connectivity index (χ1n) is 8.57. The molecule has 0 fully saturated rings. The molecule has 4 rings (SSSR count). The lowest BCUT2D eigenvalue weighted by molar-refractivity contribution is 0.415. The van der Waals surface area contributed by atoms with E-state index in [1.807, 2.05) is 60.7 Å². The van der Waals surface area contributed by atoms with Crippen LogP contribution in [0.2, 0.25) is 0 Å². The van der Waals surface area contributed by atoms with Crippen LogP contribution in [0.25, 0.3) is 34.2 Å². The van der Waals surface area contributed by atoms with Crippen LogP contribution in [0.4, 0.5) is 0 Å². The standard InChI is InChI=1S/C24H19O2/c1-25-21-14-12-19(13-15-21)24-17-20-9-5-6-10-22(20)23(26-24)16-11-18-7-3-2-4-8-18/h2-17H,1H3/q+1. The molecule has 0 saturated heterocycles. The fourth-order valence-electron chi connectivity index (χ4n) is 2.95. The quantitative estimate of drug-likeness (QED) is 0.392. The first-order valence-corrected chi connectivity index (χ1v) is 8.57. The average molecular weight is 339 g/mol. The van der Waals surface area contributed by atoms with Gasteiger partial charge in [0.25, 0.3) is 0 Å². The van der Waals surface area contributed by atoms with E-state index in [-0.39, 0.29) is 0 Å². The van der Waals surface area contributed by atoms with Gasteiger partial charge in [-0.2, -0.15) is 0 Å². The van der Waals surface area contributed by atoms with Gasteiger partial charge in [0.05, 0.1) is 24.1 Å². The second kappa shape index (κ2) is 7.24. The number of hydrogen-bond donors (Lipinski definition) is 0. The van der Waals surface area contributed by atoms with Crippen LogP contribution < -0.4 is 4.74 Å². The zero-order valence-corrected chi connectivity index (χ0v) is 14.6. The van der Waals surface area contributed by atoms with Crippen LogP contribution in [0.15, 0.2) is 89.3 Å². The number of hydrogen-bond acceptors (Lipinski definition) is 1. The van der Waals surface area contributed by atoms with Crippen LogP contribution in [-0.4, -0.2) is 7.11 Å². The molecule has 0 atom stereocenters. The van der Waals surface area contributed by atoms with Gasteiger partial charge in [-0.3, -0.25) is 0 Å². The van der Waals surface area contributed by atoms with Gasteiger partial charge in [-0.05, 0) is 42.0 Å². The van der Waals surface area contributed by atoms with Crippen molar-refractivity contribution in [2.75, 3.05) is 7.11 Å². The Morgan fingerprint density at radius 2 is 1.50 bits per heavy atom. The fraction of sp³-hybridized carbons (Fsp3) is 0.0417. The van der Waals surface area contributed by atoms with Crippen LogP contribution in [0.5, 0.6) is 5.75 Å². The van der Waals surface area contributed by atoms with Crippen LogP contribution in [0.3, 0.4) is 0 Å². The first-order chi connectivity index (χ1) is 12.8. The molecule has 0 saturated carbocycles. The number of methoxy groups -OCH3 is 1. The maximum Gasteiger partial charge on any atom is 0.361 e. The van der Waals surface area contributed by atoms with Gasteiger partial charge in [-0.15, -0.1) is 0 Å². The predicted molar refractivity (Wildman–Crippen MR) is 108 cm³/mol. The van der Waals surface area contributed by atoms with E-state index < -0.39 is 0 Å². The number of fused-ring (bicyclic) bond motifs is 1. The molecule has 0 unspecified atom stereocenters. The van der Waals surface area contributed by atoms with E-state index in [0.29, 0.717) is 0 Å². The predicted octanol–water partition coefficient (Wildman–Crippen LogP) is 6.56. The minimum Gasteiger partial charge on any atom is -0.497 e. The summed E-state index contributed by atoms with van der Waals surface area (Å²) in [6, 6.07) is 28.5. The second-order valence-electron chi connectivity index (χ2n) is 6.03. The highest BCUT2D eigenvalue weighted by atomic mass is 16.5. The largest absolute Gasteiger partial charge is 0.497 e. The Balaban J connectivity index is 1.81. The minimum atomic E-state index is 0.832. The Morgan fingerprint density at radius 3 is 2.27 bits per heavy atom. The van der Waals surface area contributed by atoms with Gasteiger partial charge in [0.15, 0.2) is 0 Å². The summed E-state index contributed by atoms with van der Waals surface area (Å²) in [5.41, 5.74) is 2.16. The Hall–Kier alpha value is -3.39. The number of ether oxygens (including phenoxy) is 1. The first kappa shape index (κ1) is 16.1. The highest BCUT2D eigenvalue weighted by Crippen LogP contribution is 2.30. The maximum absolute atomic E-state index is 6.24. The van der Waals surface area contributed by atoms with Crippen molar-refractivity contribution in [3.05, 3.63) is 96.3 Å². The van der Waals surface area contributed by atoms with Crippen molar-refractivity contribution in [3.63, 3.8) is 0 Å². The zero-order chi connectivity index (χ0) is 17.8. The average Bonchev–Trinajstić information content (AvgIpc) is 2.72. The monoisotopic (exact) mass is 339 g/mol. The van der Waals surface area contributed by atoms with E-state index in [9.17, 15) is 0 Å². The summed E-state index contributed by atoms with van der Waals surface area (Å²) in [6.45, 7) is 0. The summed E-state index contributed by atoms with van der Waals surface area (Å²) in [5, 5.41) is 2.24. The molecule has 26 heavy (non-hydrogen) atoms. The van der Waals surface area contributed by atoms with Gasteiger partial charge in [-0.25, -0.2) is 4.42 Å². The SMILES string of the molecule is COc1ccc(-c2cc3ccccc3c(C=Cc3ccccc3)[o+]2)cc1. The molecular weight excluding hydrogens is 320 g/mol.